The average Bonchev–Trinajstić information content (AvgIpc) is 2.07. The predicted molar refractivity (Wildman–Crippen MR) is 60.9 cm³/mol. The molecule has 0 radical (unpaired) electrons. The third kappa shape index (κ3) is 1.32. The second-order valence-electron chi connectivity index (χ2n) is 3.26. The van der Waals surface area contributed by atoms with Gasteiger partial charge in [0.1, 0.15) is 0 Å². The summed E-state index contributed by atoms with van der Waals surface area (Å²) in [7, 11) is 0. The Morgan fingerprint density at radius 1 is 1.42 bits per heavy atom. The van der Waals surface area contributed by atoms with Crippen LogP contribution in [0.15, 0.2) is 18.2 Å². The molecule has 0 unspecified atom stereocenters. The summed E-state index contributed by atoms with van der Waals surface area (Å²) < 4.78 is 2.32. The van der Waals surface area contributed by atoms with Gasteiger partial charge in [-0.25, -0.2) is 0 Å². The minimum absolute atomic E-state index is 1.19. The number of rotatable bonds is 0. The van der Waals surface area contributed by atoms with Crippen molar-refractivity contribution < 1.29 is 0 Å². The molecule has 0 aromatic heterocycles. The molecule has 1 aromatic rings. The molecule has 0 atom stereocenters. The molecule has 2 heteroatoms. The largest absolute Gasteiger partial charge is 0.315 e. The maximum atomic E-state index is 2.40. The van der Waals surface area contributed by atoms with Gasteiger partial charge in [0.15, 0.2) is 0 Å². The Morgan fingerprint density at radius 3 is 3.00 bits per heavy atom. The summed E-state index contributed by atoms with van der Waals surface area (Å²) in [4.78, 5) is 0. The van der Waals surface area contributed by atoms with Gasteiger partial charge in [0.05, 0.1) is 22.9 Å². The summed E-state index contributed by atoms with van der Waals surface area (Å²) in [5, 5.41) is 0. The van der Waals surface area contributed by atoms with Crippen molar-refractivity contribution in [3.8, 4) is 0 Å². The lowest BCUT2D eigenvalue weighted by Gasteiger charge is -2.26. The van der Waals surface area contributed by atoms with Gasteiger partial charge in [-0.1, -0.05) is 12.1 Å². The molecule has 1 nitrogen and oxygen atoms in total. The van der Waals surface area contributed by atoms with Gasteiger partial charge >= 0.3 is 0 Å². The normalized spacial score (nSPS) is 16.0. The molecule has 1 aliphatic heterocycles. The van der Waals surface area contributed by atoms with E-state index in [2.05, 4.69) is 51.1 Å². The van der Waals surface area contributed by atoms with Gasteiger partial charge in [-0.2, -0.15) is 0 Å². The topological polar surface area (TPSA) is 3.24 Å². The fraction of sp³-hybridized carbons (Fsp3) is 0.400. The zero-order valence-corrected chi connectivity index (χ0v) is 9.34. The van der Waals surface area contributed by atoms with Crippen molar-refractivity contribution in [2.24, 2.45) is 0 Å². The summed E-state index contributed by atoms with van der Waals surface area (Å²) in [6, 6.07) is 6.56. The van der Waals surface area contributed by atoms with Gasteiger partial charge in [0, 0.05) is 12.2 Å². The molecule has 0 saturated carbocycles. The average molecular weight is 273 g/mol. The lowest BCUT2D eigenvalue weighted by atomic mass is 9.99. The van der Waals surface area contributed by atoms with Crippen molar-refractivity contribution in [3.05, 3.63) is 29.3 Å². The van der Waals surface area contributed by atoms with Gasteiger partial charge in [-0.3, -0.25) is 0 Å². The number of aryl methyl sites for hydroxylation is 1. The summed E-state index contributed by atoms with van der Waals surface area (Å²) >= 11 is 2.40. The van der Waals surface area contributed by atoms with E-state index in [4.69, 9.17) is 0 Å². The van der Waals surface area contributed by atoms with E-state index in [1.807, 2.05) is 0 Å². The summed E-state index contributed by atoms with van der Waals surface area (Å²) in [5.74, 6) is 0. The smallest absolute Gasteiger partial charge is 0.0591 e. The molecular weight excluding hydrogens is 261 g/mol. The van der Waals surface area contributed by atoms with Crippen LogP contribution in [0.2, 0.25) is 0 Å². The first-order chi connectivity index (χ1) is 5.79. The maximum Gasteiger partial charge on any atom is 0.0591 e. The van der Waals surface area contributed by atoms with E-state index >= 15 is 0 Å². The third-order valence-corrected chi connectivity index (χ3v) is 3.43. The number of halogens is 1. The molecule has 1 heterocycles. The van der Waals surface area contributed by atoms with Crippen LogP contribution >= 0.6 is 22.9 Å². The van der Waals surface area contributed by atoms with Gasteiger partial charge in [0.25, 0.3) is 0 Å². The first-order valence-corrected chi connectivity index (χ1v) is 5.27. The summed E-state index contributed by atoms with van der Waals surface area (Å²) in [5.41, 5.74) is 4.40. The highest BCUT2D eigenvalue weighted by Crippen LogP contribution is 2.31. The first-order valence-electron chi connectivity index (χ1n) is 4.31. The van der Waals surface area contributed by atoms with Crippen LogP contribution < -0.4 is 3.11 Å². The second kappa shape index (κ2) is 3.24. The molecule has 0 N–H and O–H groups in total. The lowest BCUT2D eigenvalue weighted by Crippen LogP contribution is -2.19. The standard InChI is InChI=1S/C10H12IN/c1-8-4-2-6-10-9(8)5-3-7-12(10)11/h2,4,6H,3,5,7H2,1H3. The number of nitrogens with zero attached hydrogens (tertiary/aromatic N) is 1. The van der Waals surface area contributed by atoms with Crippen molar-refractivity contribution in [1.29, 1.82) is 0 Å². The van der Waals surface area contributed by atoms with Crippen LogP contribution in [0, 0.1) is 6.92 Å². The summed E-state index contributed by atoms with van der Waals surface area (Å²) in [6.07, 6.45) is 2.54. The Balaban J connectivity index is 2.52. The Bertz CT molecular complexity index is 296. The fourth-order valence-electron chi connectivity index (χ4n) is 1.75. The molecule has 0 saturated heterocycles. The van der Waals surface area contributed by atoms with E-state index in [1.54, 1.807) is 0 Å². The minimum atomic E-state index is 1.19. The molecule has 12 heavy (non-hydrogen) atoms. The number of hydrogen-bond acceptors (Lipinski definition) is 1. The second-order valence-corrected chi connectivity index (χ2v) is 4.43. The van der Waals surface area contributed by atoms with Gasteiger partial charge < -0.3 is 3.11 Å². The van der Waals surface area contributed by atoms with E-state index in [0.29, 0.717) is 0 Å². The van der Waals surface area contributed by atoms with Crippen molar-refractivity contribution in [2.75, 3.05) is 9.66 Å². The van der Waals surface area contributed by atoms with Crippen LogP contribution in [0.1, 0.15) is 17.5 Å². The molecule has 64 valence electrons. The Labute approximate surface area is 87.3 Å². The van der Waals surface area contributed by atoms with Gasteiger partial charge in [-0.15, -0.1) is 0 Å². The zero-order chi connectivity index (χ0) is 8.55. The highest BCUT2D eigenvalue weighted by molar-refractivity contribution is 14.1. The van der Waals surface area contributed by atoms with Crippen LogP contribution in [0.4, 0.5) is 5.69 Å². The number of fused-ring (bicyclic) bond motifs is 1. The van der Waals surface area contributed by atoms with E-state index in [1.165, 1.54) is 36.2 Å². The van der Waals surface area contributed by atoms with Crippen molar-refractivity contribution in [1.82, 2.24) is 0 Å². The van der Waals surface area contributed by atoms with Crippen LogP contribution in [0.3, 0.4) is 0 Å². The quantitative estimate of drug-likeness (QED) is 0.518. The number of anilines is 1. The first kappa shape index (κ1) is 8.35. The van der Waals surface area contributed by atoms with E-state index in [-0.39, 0.29) is 0 Å². The Kier molecular flexibility index (Phi) is 2.26. The van der Waals surface area contributed by atoms with Gasteiger partial charge in [-0.05, 0) is 37.0 Å². The highest BCUT2D eigenvalue weighted by atomic mass is 127. The molecule has 0 aliphatic carbocycles. The summed E-state index contributed by atoms with van der Waals surface area (Å²) in [6.45, 7) is 3.39. The van der Waals surface area contributed by atoms with E-state index < -0.39 is 0 Å². The molecule has 1 aliphatic rings. The lowest BCUT2D eigenvalue weighted by molar-refractivity contribution is 0.800. The van der Waals surface area contributed by atoms with E-state index in [0.717, 1.165) is 0 Å². The van der Waals surface area contributed by atoms with Gasteiger partial charge in [0.2, 0.25) is 0 Å². The van der Waals surface area contributed by atoms with Crippen LogP contribution in [-0.2, 0) is 6.42 Å². The van der Waals surface area contributed by atoms with E-state index in [9.17, 15) is 0 Å². The molecule has 0 fully saturated rings. The minimum Gasteiger partial charge on any atom is -0.315 e. The van der Waals surface area contributed by atoms with Crippen LogP contribution in [0.5, 0.6) is 0 Å². The molecule has 2 rings (SSSR count). The Hall–Kier alpha value is -0.250. The number of hydrogen-bond donors (Lipinski definition) is 0. The molecular formula is C10H12IN. The monoisotopic (exact) mass is 273 g/mol. The van der Waals surface area contributed by atoms with Crippen LogP contribution in [0.25, 0.3) is 0 Å². The third-order valence-electron chi connectivity index (χ3n) is 2.43. The highest BCUT2D eigenvalue weighted by Gasteiger charge is 2.15. The molecule has 0 bridgehead atoms. The van der Waals surface area contributed by atoms with Crippen molar-refractivity contribution in [2.45, 2.75) is 19.8 Å². The maximum absolute atomic E-state index is 2.40. The fourth-order valence-corrected chi connectivity index (χ4v) is 2.55. The predicted octanol–water partition coefficient (Wildman–Crippen LogP) is 3.10. The van der Waals surface area contributed by atoms with Crippen LogP contribution in [-0.4, -0.2) is 6.54 Å². The molecule has 1 aromatic carbocycles. The molecule has 0 amide bonds. The van der Waals surface area contributed by atoms with Crippen molar-refractivity contribution in [3.63, 3.8) is 0 Å². The number of benzene rings is 1. The SMILES string of the molecule is Cc1cccc2c1CCCN2I. The molecule has 0 spiro atoms. The van der Waals surface area contributed by atoms with Crippen molar-refractivity contribution >= 4 is 28.6 Å². The Morgan fingerprint density at radius 2 is 2.25 bits per heavy atom. The zero-order valence-electron chi connectivity index (χ0n) is 7.18.